The number of hydrogen-bond donors (Lipinski definition) is 1. The summed E-state index contributed by atoms with van der Waals surface area (Å²) in [6.07, 6.45) is 1.64. The average molecular weight is 370 g/mol. The van der Waals surface area contributed by atoms with Crippen molar-refractivity contribution >= 4 is 17.3 Å². The maximum absolute atomic E-state index is 12.8. The molecule has 1 fully saturated rings. The van der Waals surface area contributed by atoms with Gasteiger partial charge in [-0.05, 0) is 30.8 Å². The number of ether oxygens (including phenoxy) is 2. The summed E-state index contributed by atoms with van der Waals surface area (Å²) in [6.45, 7) is 6.43. The number of carbonyl (C=O) groups excluding carboxylic acids is 1. The van der Waals surface area contributed by atoms with Gasteiger partial charge in [0.15, 0.2) is 0 Å². The molecule has 27 heavy (non-hydrogen) atoms. The predicted molar refractivity (Wildman–Crippen MR) is 105 cm³/mol. The maximum atomic E-state index is 12.8. The molecule has 0 atom stereocenters. The van der Waals surface area contributed by atoms with E-state index in [1.54, 1.807) is 26.5 Å². The molecule has 0 saturated carbocycles. The maximum Gasteiger partial charge on any atom is 0.272 e. The number of pyridine rings is 1. The molecular formula is C20H26N4O3. The van der Waals surface area contributed by atoms with Crippen LogP contribution in [0.5, 0.6) is 11.5 Å². The number of methoxy groups -OCH3 is 2. The highest BCUT2D eigenvalue weighted by molar-refractivity contribution is 5.93. The molecule has 1 aromatic heterocycles. The first-order valence-electron chi connectivity index (χ1n) is 9.11. The Labute approximate surface area is 159 Å². The summed E-state index contributed by atoms with van der Waals surface area (Å²) in [5.74, 6) is 1.38. The van der Waals surface area contributed by atoms with Crippen molar-refractivity contribution in [1.82, 2.24) is 14.8 Å². The van der Waals surface area contributed by atoms with Crippen molar-refractivity contribution in [2.24, 2.45) is 0 Å². The Hall–Kier alpha value is -2.80. The van der Waals surface area contributed by atoms with Gasteiger partial charge in [-0.3, -0.25) is 9.78 Å². The number of amides is 1. The molecule has 1 saturated heterocycles. The van der Waals surface area contributed by atoms with Crippen LogP contribution in [0.2, 0.25) is 0 Å². The molecule has 144 valence electrons. The molecule has 1 amide bonds. The van der Waals surface area contributed by atoms with Crippen LogP contribution in [0, 0.1) is 0 Å². The molecule has 1 aromatic carbocycles. The van der Waals surface area contributed by atoms with Crippen LogP contribution in [0.4, 0.5) is 11.4 Å². The van der Waals surface area contributed by atoms with Crippen LogP contribution in [0.15, 0.2) is 36.5 Å². The molecule has 0 radical (unpaired) electrons. The van der Waals surface area contributed by atoms with Crippen molar-refractivity contribution in [2.75, 3.05) is 52.3 Å². The van der Waals surface area contributed by atoms with Gasteiger partial charge in [0, 0.05) is 44.1 Å². The highest BCUT2D eigenvalue weighted by Crippen LogP contribution is 2.31. The zero-order valence-corrected chi connectivity index (χ0v) is 16.1. The number of anilines is 2. The number of hydrogen-bond acceptors (Lipinski definition) is 6. The Morgan fingerprint density at radius 3 is 2.56 bits per heavy atom. The fraction of sp³-hybridized carbons (Fsp3) is 0.400. The Kier molecular flexibility index (Phi) is 6.13. The highest BCUT2D eigenvalue weighted by Gasteiger charge is 2.22. The van der Waals surface area contributed by atoms with E-state index in [0.717, 1.165) is 49.8 Å². The highest BCUT2D eigenvalue weighted by atomic mass is 16.5. The Morgan fingerprint density at radius 2 is 1.89 bits per heavy atom. The summed E-state index contributed by atoms with van der Waals surface area (Å²) >= 11 is 0. The minimum absolute atomic E-state index is 0.0352. The van der Waals surface area contributed by atoms with E-state index in [1.807, 2.05) is 29.2 Å². The van der Waals surface area contributed by atoms with Gasteiger partial charge in [-0.1, -0.05) is 6.92 Å². The molecule has 2 heterocycles. The summed E-state index contributed by atoms with van der Waals surface area (Å²) < 4.78 is 10.7. The fourth-order valence-electron chi connectivity index (χ4n) is 3.12. The first kappa shape index (κ1) is 19.0. The van der Waals surface area contributed by atoms with E-state index in [2.05, 4.69) is 22.1 Å². The van der Waals surface area contributed by atoms with E-state index >= 15 is 0 Å². The van der Waals surface area contributed by atoms with Crippen molar-refractivity contribution < 1.29 is 14.3 Å². The molecule has 0 unspecified atom stereocenters. The first-order chi connectivity index (χ1) is 13.1. The predicted octanol–water partition coefficient (Wildman–Crippen LogP) is 2.62. The lowest BCUT2D eigenvalue weighted by Crippen LogP contribution is -2.48. The van der Waals surface area contributed by atoms with Gasteiger partial charge in [-0.25, -0.2) is 0 Å². The van der Waals surface area contributed by atoms with E-state index in [9.17, 15) is 4.79 Å². The number of rotatable bonds is 6. The van der Waals surface area contributed by atoms with Crippen molar-refractivity contribution in [3.05, 3.63) is 42.2 Å². The largest absolute Gasteiger partial charge is 0.497 e. The van der Waals surface area contributed by atoms with Crippen LogP contribution in [-0.4, -0.2) is 67.6 Å². The number of benzene rings is 1. The van der Waals surface area contributed by atoms with Gasteiger partial charge >= 0.3 is 0 Å². The second-order valence-corrected chi connectivity index (χ2v) is 6.35. The fourth-order valence-corrected chi connectivity index (χ4v) is 3.12. The molecule has 2 aromatic rings. The van der Waals surface area contributed by atoms with Gasteiger partial charge < -0.3 is 24.6 Å². The molecule has 1 aliphatic rings. The van der Waals surface area contributed by atoms with Crippen molar-refractivity contribution in [3.8, 4) is 11.5 Å². The number of piperazine rings is 1. The number of aromatic nitrogens is 1. The van der Waals surface area contributed by atoms with Crippen LogP contribution in [0.3, 0.4) is 0 Å². The van der Waals surface area contributed by atoms with Gasteiger partial charge in [-0.15, -0.1) is 0 Å². The lowest BCUT2D eigenvalue weighted by atomic mass is 10.2. The van der Waals surface area contributed by atoms with Gasteiger partial charge in [0.25, 0.3) is 5.91 Å². The van der Waals surface area contributed by atoms with Crippen LogP contribution >= 0.6 is 0 Å². The second kappa shape index (κ2) is 8.73. The molecule has 1 aliphatic heterocycles. The minimum Gasteiger partial charge on any atom is -0.497 e. The lowest BCUT2D eigenvalue weighted by molar-refractivity contribution is 0.0637. The van der Waals surface area contributed by atoms with E-state index < -0.39 is 0 Å². The normalized spacial score (nSPS) is 14.7. The zero-order valence-electron chi connectivity index (χ0n) is 16.1. The molecule has 0 aliphatic carbocycles. The molecule has 3 rings (SSSR count). The van der Waals surface area contributed by atoms with Crippen LogP contribution in [-0.2, 0) is 0 Å². The summed E-state index contributed by atoms with van der Waals surface area (Å²) in [6, 6.07) is 9.12. The Bertz CT molecular complexity index is 789. The number of nitrogens with one attached hydrogen (secondary N) is 1. The van der Waals surface area contributed by atoms with Crippen LogP contribution in [0.25, 0.3) is 0 Å². The smallest absolute Gasteiger partial charge is 0.272 e. The van der Waals surface area contributed by atoms with Gasteiger partial charge in [0.2, 0.25) is 0 Å². The average Bonchev–Trinajstić information content (AvgIpc) is 2.73. The molecular weight excluding hydrogens is 344 g/mol. The summed E-state index contributed by atoms with van der Waals surface area (Å²) in [5, 5.41) is 3.29. The van der Waals surface area contributed by atoms with E-state index in [1.165, 1.54) is 0 Å². The Morgan fingerprint density at radius 1 is 1.11 bits per heavy atom. The van der Waals surface area contributed by atoms with Crippen LogP contribution in [0.1, 0.15) is 17.4 Å². The molecule has 0 bridgehead atoms. The van der Waals surface area contributed by atoms with Gasteiger partial charge in [0.05, 0.1) is 19.9 Å². The molecule has 7 nitrogen and oxygen atoms in total. The van der Waals surface area contributed by atoms with Gasteiger partial charge in [0.1, 0.15) is 17.2 Å². The van der Waals surface area contributed by atoms with Crippen molar-refractivity contribution in [2.45, 2.75) is 6.92 Å². The third-order valence-electron chi connectivity index (χ3n) is 4.77. The molecule has 7 heteroatoms. The number of nitrogens with zero attached hydrogens (tertiary/aromatic N) is 3. The van der Waals surface area contributed by atoms with E-state index in [0.29, 0.717) is 11.4 Å². The minimum atomic E-state index is -0.0352. The summed E-state index contributed by atoms with van der Waals surface area (Å²) in [7, 11) is 3.23. The molecule has 0 spiro atoms. The second-order valence-electron chi connectivity index (χ2n) is 6.35. The zero-order chi connectivity index (χ0) is 19.2. The molecule has 1 N–H and O–H groups in total. The number of likely N-dealkylation sites (N-methyl/N-ethyl adjacent to an activating group) is 1. The van der Waals surface area contributed by atoms with Crippen molar-refractivity contribution in [1.29, 1.82) is 0 Å². The lowest BCUT2D eigenvalue weighted by Gasteiger charge is -2.33. The standard InChI is InChI=1S/C20H26N4O3/c1-4-23-9-11-24(12-10-23)20(25)18-13-15(7-8-21-18)22-17-14-16(26-2)5-6-19(17)27-3/h5-8,13-14H,4,9-12H2,1-3H3,(H,21,22). The van der Waals surface area contributed by atoms with Crippen LogP contribution < -0.4 is 14.8 Å². The summed E-state index contributed by atoms with van der Waals surface area (Å²) in [5.41, 5.74) is 1.97. The SMILES string of the molecule is CCN1CCN(C(=O)c2cc(Nc3cc(OC)ccc3OC)ccn2)CC1. The first-order valence-corrected chi connectivity index (χ1v) is 9.11. The van der Waals surface area contributed by atoms with E-state index in [4.69, 9.17) is 9.47 Å². The van der Waals surface area contributed by atoms with Crippen molar-refractivity contribution in [3.63, 3.8) is 0 Å². The van der Waals surface area contributed by atoms with E-state index in [-0.39, 0.29) is 5.91 Å². The number of carbonyl (C=O) groups is 1. The Balaban J connectivity index is 1.75. The topological polar surface area (TPSA) is 66.9 Å². The quantitative estimate of drug-likeness (QED) is 0.843. The van der Waals surface area contributed by atoms with Gasteiger partial charge in [-0.2, -0.15) is 0 Å². The monoisotopic (exact) mass is 370 g/mol. The third-order valence-corrected chi connectivity index (χ3v) is 4.77. The third kappa shape index (κ3) is 4.49. The summed E-state index contributed by atoms with van der Waals surface area (Å²) in [4.78, 5) is 21.3.